The topological polar surface area (TPSA) is 112 Å². The van der Waals surface area contributed by atoms with Crippen LogP contribution >= 0.6 is 0 Å². The Bertz CT molecular complexity index is 1000. The lowest BCUT2D eigenvalue weighted by Gasteiger charge is -2.13. The maximum atomic E-state index is 13.0. The van der Waals surface area contributed by atoms with E-state index in [2.05, 4.69) is 5.10 Å². The van der Waals surface area contributed by atoms with Gasteiger partial charge in [0, 0.05) is 10.9 Å². The Morgan fingerprint density at radius 3 is 2.07 bits per heavy atom. The van der Waals surface area contributed by atoms with Crippen LogP contribution in [0.1, 0.15) is 16.1 Å². The van der Waals surface area contributed by atoms with Crippen LogP contribution in [0.2, 0.25) is 0 Å². The minimum atomic E-state index is -0.503. The average molecular weight is 374 g/mol. The summed E-state index contributed by atoms with van der Waals surface area (Å²) >= 11 is 0. The largest absolute Gasteiger partial charge is 0.503 e. The van der Waals surface area contributed by atoms with E-state index in [-0.39, 0.29) is 33.7 Å². The molecule has 9 nitrogen and oxygen atoms in total. The van der Waals surface area contributed by atoms with E-state index in [1.54, 1.807) is 0 Å². The highest BCUT2D eigenvalue weighted by Gasteiger charge is 2.25. The number of rotatable bonds is 6. The first-order valence-electron chi connectivity index (χ1n) is 7.79. The van der Waals surface area contributed by atoms with E-state index in [0.717, 1.165) is 0 Å². The number of methoxy groups -OCH3 is 4. The molecule has 0 saturated heterocycles. The molecule has 9 heteroatoms. The Balaban J connectivity index is 2.18. The number of phenolic OH excluding ortho intramolecular Hbond substituents is 1. The third-order valence-corrected chi connectivity index (χ3v) is 4.13. The second kappa shape index (κ2) is 6.94. The van der Waals surface area contributed by atoms with E-state index in [0.29, 0.717) is 22.1 Å². The van der Waals surface area contributed by atoms with Crippen molar-refractivity contribution >= 4 is 16.7 Å². The molecule has 1 aromatic heterocycles. The molecule has 0 bridgehead atoms. The van der Waals surface area contributed by atoms with Gasteiger partial charge in [-0.05, 0) is 24.3 Å². The molecule has 2 N–H and O–H groups in total. The Hall–Kier alpha value is -3.62. The van der Waals surface area contributed by atoms with Crippen LogP contribution in [0.5, 0.6) is 28.7 Å². The predicted molar refractivity (Wildman–Crippen MR) is 94.7 cm³/mol. The standard InChI is InChI=1S/C18H18N2O7/c1-24-11-6-5-10-14(19-20(23)15(10)17(11)22)16(21)9-7-12(25-2)18(27-4)13(8-9)26-3/h5-8,22-23H,1-4H3. The summed E-state index contributed by atoms with van der Waals surface area (Å²) < 4.78 is 20.8. The summed E-state index contributed by atoms with van der Waals surface area (Å²) in [4.78, 5) is 13.5. The number of carbonyl (C=O) groups is 1. The smallest absolute Gasteiger partial charge is 0.214 e. The quantitative estimate of drug-likeness (QED) is 0.499. The molecule has 27 heavy (non-hydrogen) atoms. The molecule has 3 aromatic rings. The monoisotopic (exact) mass is 374 g/mol. The lowest BCUT2D eigenvalue weighted by atomic mass is 10.0. The van der Waals surface area contributed by atoms with E-state index in [4.69, 9.17) is 18.9 Å². The summed E-state index contributed by atoms with van der Waals surface area (Å²) in [6, 6.07) is 5.97. The first kappa shape index (κ1) is 18.2. The molecule has 0 spiro atoms. The number of aromatic nitrogens is 2. The Morgan fingerprint density at radius 1 is 0.963 bits per heavy atom. The molecule has 0 fully saturated rings. The van der Waals surface area contributed by atoms with Gasteiger partial charge in [-0.3, -0.25) is 4.79 Å². The van der Waals surface area contributed by atoms with Crippen LogP contribution in [-0.4, -0.2) is 54.5 Å². The third kappa shape index (κ3) is 2.82. The summed E-state index contributed by atoms with van der Waals surface area (Å²) in [5, 5.41) is 24.4. The molecule has 142 valence electrons. The van der Waals surface area contributed by atoms with Gasteiger partial charge in [0.25, 0.3) is 0 Å². The molecule has 0 aliphatic rings. The zero-order valence-corrected chi connectivity index (χ0v) is 15.1. The summed E-state index contributed by atoms with van der Waals surface area (Å²) in [6.45, 7) is 0. The van der Waals surface area contributed by atoms with Gasteiger partial charge in [-0.2, -0.15) is 0 Å². The molecule has 0 unspecified atom stereocenters. The highest BCUT2D eigenvalue weighted by Crippen LogP contribution is 2.40. The van der Waals surface area contributed by atoms with Crippen LogP contribution in [0.25, 0.3) is 10.9 Å². The highest BCUT2D eigenvalue weighted by atomic mass is 16.5. The van der Waals surface area contributed by atoms with Crippen molar-refractivity contribution in [2.75, 3.05) is 28.4 Å². The fraction of sp³-hybridized carbons (Fsp3) is 0.222. The molecule has 0 saturated carbocycles. The number of hydrogen-bond acceptors (Lipinski definition) is 8. The van der Waals surface area contributed by atoms with Crippen molar-refractivity contribution in [3.05, 3.63) is 35.5 Å². The minimum absolute atomic E-state index is 0.0369. The molecule has 0 atom stereocenters. The fourth-order valence-corrected chi connectivity index (χ4v) is 2.83. The number of benzene rings is 2. The molecule has 0 amide bonds. The van der Waals surface area contributed by atoms with Crippen molar-refractivity contribution < 1.29 is 34.1 Å². The van der Waals surface area contributed by atoms with E-state index in [1.165, 1.54) is 52.7 Å². The summed E-state index contributed by atoms with van der Waals surface area (Å²) in [5.41, 5.74) is 0.115. The molecule has 3 rings (SSSR count). The second-order valence-corrected chi connectivity index (χ2v) is 5.49. The SMILES string of the molecule is COc1cc(C(=O)c2nn(O)c3c(O)c(OC)ccc23)cc(OC)c1OC. The van der Waals surface area contributed by atoms with Crippen LogP contribution < -0.4 is 18.9 Å². The lowest BCUT2D eigenvalue weighted by Crippen LogP contribution is -2.06. The van der Waals surface area contributed by atoms with E-state index in [1.807, 2.05) is 0 Å². The fourth-order valence-electron chi connectivity index (χ4n) is 2.83. The van der Waals surface area contributed by atoms with E-state index >= 15 is 0 Å². The van der Waals surface area contributed by atoms with Crippen LogP contribution in [0.3, 0.4) is 0 Å². The van der Waals surface area contributed by atoms with Crippen molar-refractivity contribution in [2.24, 2.45) is 0 Å². The van der Waals surface area contributed by atoms with Gasteiger partial charge in [-0.25, -0.2) is 0 Å². The van der Waals surface area contributed by atoms with Gasteiger partial charge < -0.3 is 29.3 Å². The molecule has 0 aliphatic heterocycles. The van der Waals surface area contributed by atoms with Crippen molar-refractivity contribution in [3.8, 4) is 28.7 Å². The summed E-state index contributed by atoms with van der Waals surface area (Å²) in [5.74, 6) is 0.265. The van der Waals surface area contributed by atoms with E-state index < -0.39 is 5.78 Å². The predicted octanol–water partition coefficient (Wildman–Crippen LogP) is 2.24. The lowest BCUT2D eigenvalue weighted by molar-refractivity contribution is 0.102. The van der Waals surface area contributed by atoms with Gasteiger partial charge in [0.05, 0.1) is 28.4 Å². The number of fused-ring (bicyclic) bond motifs is 1. The average Bonchev–Trinajstić information content (AvgIpc) is 3.03. The second-order valence-electron chi connectivity index (χ2n) is 5.49. The number of hydrogen-bond donors (Lipinski definition) is 2. The molecular weight excluding hydrogens is 356 g/mol. The Kier molecular flexibility index (Phi) is 4.68. The zero-order chi connectivity index (χ0) is 19.7. The maximum Gasteiger partial charge on any atom is 0.214 e. The summed E-state index contributed by atoms with van der Waals surface area (Å²) in [7, 11) is 5.71. The third-order valence-electron chi connectivity index (χ3n) is 4.13. The number of nitrogens with zero attached hydrogens (tertiary/aromatic N) is 2. The number of aromatic hydroxyl groups is 1. The number of ketones is 1. The van der Waals surface area contributed by atoms with Crippen LogP contribution in [0.15, 0.2) is 24.3 Å². The number of carbonyl (C=O) groups excluding carboxylic acids is 1. The van der Waals surface area contributed by atoms with Crippen molar-refractivity contribution in [2.45, 2.75) is 0 Å². The molecule has 0 aliphatic carbocycles. The Labute approximate surface area is 154 Å². The van der Waals surface area contributed by atoms with Crippen molar-refractivity contribution in [1.82, 2.24) is 9.94 Å². The van der Waals surface area contributed by atoms with Gasteiger partial charge in [0.15, 0.2) is 28.5 Å². The molecule has 0 radical (unpaired) electrons. The van der Waals surface area contributed by atoms with Crippen LogP contribution in [0, 0.1) is 0 Å². The minimum Gasteiger partial charge on any atom is -0.503 e. The molecule has 1 heterocycles. The van der Waals surface area contributed by atoms with Gasteiger partial charge in [0.2, 0.25) is 11.5 Å². The molecule has 2 aromatic carbocycles. The number of ether oxygens (including phenoxy) is 4. The van der Waals surface area contributed by atoms with Crippen LogP contribution in [-0.2, 0) is 0 Å². The zero-order valence-electron chi connectivity index (χ0n) is 15.1. The highest BCUT2D eigenvalue weighted by molar-refractivity contribution is 6.16. The van der Waals surface area contributed by atoms with Crippen molar-refractivity contribution in [3.63, 3.8) is 0 Å². The normalized spacial score (nSPS) is 10.7. The summed E-state index contributed by atoms with van der Waals surface area (Å²) in [6.07, 6.45) is 0. The van der Waals surface area contributed by atoms with Crippen LogP contribution in [0.4, 0.5) is 0 Å². The van der Waals surface area contributed by atoms with Crippen molar-refractivity contribution in [1.29, 1.82) is 0 Å². The van der Waals surface area contributed by atoms with Gasteiger partial charge >= 0.3 is 0 Å². The van der Waals surface area contributed by atoms with E-state index in [9.17, 15) is 15.1 Å². The molecular formula is C18H18N2O7. The first-order chi connectivity index (χ1) is 13.0. The van der Waals surface area contributed by atoms with Gasteiger partial charge in [0.1, 0.15) is 5.69 Å². The van der Waals surface area contributed by atoms with Gasteiger partial charge in [-0.1, -0.05) is 4.85 Å². The van der Waals surface area contributed by atoms with Gasteiger partial charge in [-0.15, -0.1) is 5.10 Å². The first-order valence-corrected chi connectivity index (χ1v) is 7.79. The Morgan fingerprint density at radius 2 is 1.56 bits per heavy atom. The maximum absolute atomic E-state index is 13.0. The number of phenols is 1.